The maximum absolute atomic E-state index is 13.5. The van der Waals surface area contributed by atoms with Gasteiger partial charge in [-0.05, 0) is 0 Å². The molecule has 0 aliphatic rings. The van der Waals surface area contributed by atoms with Gasteiger partial charge in [0.2, 0.25) is 0 Å². The average Bonchev–Trinajstić information content (AvgIpc) is 2.38. The zero-order valence-electron chi connectivity index (χ0n) is 14.8. The Balaban J connectivity index is 3.34. The third-order valence-electron chi connectivity index (χ3n) is 4.57. The molecular weight excluding hydrogens is 317 g/mol. The molecule has 1 aromatic carbocycles. The van der Waals surface area contributed by atoms with Crippen LogP contribution in [0.15, 0.2) is 12.1 Å². The van der Waals surface area contributed by atoms with Crippen molar-refractivity contribution in [2.24, 2.45) is 0 Å². The van der Waals surface area contributed by atoms with Crippen molar-refractivity contribution in [1.29, 1.82) is 0 Å². The van der Waals surface area contributed by atoms with Gasteiger partial charge in [0.1, 0.15) is 0 Å². The van der Waals surface area contributed by atoms with E-state index < -0.39 is 13.3 Å². The summed E-state index contributed by atoms with van der Waals surface area (Å²) in [5.41, 5.74) is 4.71. The Labute approximate surface area is 133 Å². The van der Waals surface area contributed by atoms with E-state index >= 15 is 0 Å². The monoisotopic (exact) mass is 350 g/mol. The Hall–Kier alpha value is -0.567. The minimum absolute atomic E-state index is 0.579. The average molecular weight is 349 g/mol. The first-order chi connectivity index (χ1) is 9.91. The molecule has 0 aromatic heterocycles. The van der Waals surface area contributed by atoms with Crippen LogP contribution in [-0.2, 0) is 0 Å². The summed E-state index contributed by atoms with van der Waals surface area (Å²) in [6, 6.07) is 4.36. The fraction of sp³-hybridized carbons (Fsp3) is 0.632. The van der Waals surface area contributed by atoms with Crippen molar-refractivity contribution >= 4 is 17.9 Å². The first kappa shape index (κ1) is 18.5. The number of carbonyl (C=O) groups is 1. The predicted molar refractivity (Wildman–Crippen MR) is 96.0 cm³/mol. The van der Waals surface area contributed by atoms with Gasteiger partial charge in [0.05, 0.1) is 0 Å². The third-order valence-corrected chi connectivity index (χ3v) is 16.3. The van der Waals surface area contributed by atoms with Gasteiger partial charge in [-0.3, -0.25) is 0 Å². The van der Waals surface area contributed by atoms with Crippen LogP contribution in [0.25, 0.3) is 0 Å². The molecule has 0 amide bonds. The van der Waals surface area contributed by atoms with Crippen molar-refractivity contribution in [2.75, 3.05) is 0 Å². The molecule has 0 spiro atoms. The molecule has 1 rings (SSSR count). The van der Waals surface area contributed by atoms with Crippen LogP contribution in [-0.4, -0.2) is 17.9 Å². The Bertz CT molecular complexity index is 450. The zero-order chi connectivity index (χ0) is 16.0. The van der Waals surface area contributed by atoms with E-state index in [-0.39, 0.29) is 0 Å². The fourth-order valence-electron chi connectivity index (χ4n) is 3.95. The molecule has 0 aliphatic heterocycles. The van der Waals surface area contributed by atoms with Crippen LogP contribution in [0.3, 0.4) is 0 Å². The van der Waals surface area contributed by atoms with E-state index in [0.29, 0.717) is 4.62 Å². The third kappa shape index (κ3) is 4.21. The molecule has 0 aliphatic carbocycles. The number of aryl methyl sites for hydroxylation is 3. The van der Waals surface area contributed by atoms with E-state index in [9.17, 15) is 4.79 Å². The maximum atomic E-state index is 13.5. The van der Waals surface area contributed by atoms with E-state index in [0.717, 1.165) is 24.8 Å². The first-order valence-electron chi connectivity index (χ1n) is 8.54. The molecular formula is C19H32GeO. The van der Waals surface area contributed by atoms with Crippen LogP contribution in [0.5, 0.6) is 0 Å². The molecule has 0 bridgehead atoms. The molecule has 118 valence electrons. The van der Waals surface area contributed by atoms with Crippen molar-refractivity contribution in [3.05, 3.63) is 34.4 Å². The SMILES string of the molecule is CC[CH2][Ge]([CH2]CC)([CH2]CC)[C](=O)c1c(C)cc(C)cc1C. The second-order valence-corrected chi connectivity index (χ2v) is 16.1. The molecule has 0 fully saturated rings. The second kappa shape index (κ2) is 8.17. The zero-order valence-corrected chi connectivity index (χ0v) is 16.9. The van der Waals surface area contributed by atoms with Gasteiger partial charge in [0, 0.05) is 0 Å². The second-order valence-electron chi connectivity index (χ2n) is 6.63. The molecule has 0 heterocycles. The summed E-state index contributed by atoms with van der Waals surface area (Å²) in [6.07, 6.45) is 3.49. The van der Waals surface area contributed by atoms with Crippen molar-refractivity contribution in [3.8, 4) is 0 Å². The van der Waals surface area contributed by atoms with Gasteiger partial charge in [-0.1, -0.05) is 0 Å². The molecule has 21 heavy (non-hydrogen) atoms. The van der Waals surface area contributed by atoms with Gasteiger partial charge in [0.25, 0.3) is 0 Å². The van der Waals surface area contributed by atoms with Gasteiger partial charge < -0.3 is 0 Å². The summed E-state index contributed by atoms with van der Waals surface area (Å²) in [4.78, 5) is 13.5. The Morgan fingerprint density at radius 2 is 1.24 bits per heavy atom. The number of rotatable bonds is 8. The van der Waals surface area contributed by atoms with Gasteiger partial charge in [-0.25, -0.2) is 0 Å². The van der Waals surface area contributed by atoms with Crippen molar-refractivity contribution in [1.82, 2.24) is 0 Å². The van der Waals surface area contributed by atoms with Gasteiger partial charge in [0.15, 0.2) is 0 Å². The topological polar surface area (TPSA) is 17.1 Å². The molecule has 0 saturated carbocycles. The number of benzene rings is 1. The molecule has 0 unspecified atom stereocenters. The fourth-order valence-corrected chi connectivity index (χ4v) is 14.9. The van der Waals surface area contributed by atoms with E-state index in [4.69, 9.17) is 0 Å². The van der Waals surface area contributed by atoms with Crippen LogP contribution in [0.2, 0.25) is 15.8 Å². The molecule has 1 aromatic rings. The summed E-state index contributed by atoms with van der Waals surface area (Å²) < 4.78 is 0.579. The number of hydrogen-bond acceptors (Lipinski definition) is 1. The molecule has 0 atom stereocenters. The Morgan fingerprint density at radius 3 is 1.57 bits per heavy atom. The van der Waals surface area contributed by atoms with E-state index in [1.807, 2.05) is 0 Å². The summed E-state index contributed by atoms with van der Waals surface area (Å²) >= 11 is -2.46. The molecule has 1 nitrogen and oxygen atoms in total. The van der Waals surface area contributed by atoms with E-state index in [1.165, 1.54) is 32.5 Å². The summed E-state index contributed by atoms with van der Waals surface area (Å²) in [5, 5.41) is 3.60. The van der Waals surface area contributed by atoms with Crippen LogP contribution >= 0.6 is 0 Å². The van der Waals surface area contributed by atoms with Gasteiger partial charge in [-0.2, -0.15) is 0 Å². The number of hydrogen-bond donors (Lipinski definition) is 0. The normalized spacial score (nSPS) is 11.7. The molecule has 0 radical (unpaired) electrons. The number of carbonyl (C=O) groups excluding carboxylic acids is 1. The molecule has 0 saturated heterocycles. The summed E-state index contributed by atoms with van der Waals surface area (Å²) in [6.45, 7) is 13.1. The summed E-state index contributed by atoms with van der Waals surface area (Å²) in [7, 11) is 0. The minimum atomic E-state index is -2.46. The molecule has 0 N–H and O–H groups in total. The van der Waals surface area contributed by atoms with Gasteiger partial charge in [-0.15, -0.1) is 0 Å². The van der Waals surface area contributed by atoms with E-state index in [2.05, 4.69) is 53.7 Å². The van der Waals surface area contributed by atoms with Crippen LogP contribution < -0.4 is 0 Å². The van der Waals surface area contributed by atoms with Crippen molar-refractivity contribution in [3.63, 3.8) is 0 Å². The summed E-state index contributed by atoms with van der Waals surface area (Å²) in [5.74, 6) is 0. The van der Waals surface area contributed by atoms with E-state index in [1.54, 1.807) is 0 Å². The van der Waals surface area contributed by atoms with Crippen molar-refractivity contribution in [2.45, 2.75) is 76.6 Å². The van der Waals surface area contributed by atoms with Gasteiger partial charge >= 0.3 is 134 Å². The standard InChI is InChI=1S/C19H32GeO/c1-7-10-20(11-8-2,12-9-3)19(21)18-16(5)13-15(4)14-17(18)6/h13-14H,7-12H2,1-6H3. The van der Waals surface area contributed by atoms with Crippen LogP contribution in [0, 0.1) is 20.8 Å². The quantitative estimate of drug-likeness (QED) is 0.525. The molecule has 2 heteroatoms. The van der Waals surface area contributed by atoms with Crippen molar-refractivity contribution < 1.29 is 4.79 Å². The van der Waals surface area contributed by atoms with Crippen LogP contribution in [0.1, 0.15) is 67.1 Å². The Morgan fingerprint density at radius 1 is 0.857 bits per heavy atom. The first-order valence-corrected chi connectivity index (χ1v) is 14.0. The Kier molecular flexibility index (Phi) is 7.19. The van der Waals surface area contributed by atoms with Crippen LogP contribution in [0.4, 0.5) is 0 Å². The predicted octanol–water partition coefficient (Wildman–Crippen LogP) is 6.01.